The Morgan fingerprint density at radius 2 is 2.17 bits per heavy atom. The van der Waals surface area contributed by atoms with Crippen LogP contribution in [0.3, 0.4) is 0 Å². The molecule has 2 heterocycles. The standard InChI is InChI=1S/C16H18ClN5OS/c1-11-3-4-12(9-14(11)17)15-6-5-13(23-15)10-18-7-8-24-16-19-20-21-22(16)2/h3-6,9,18H,7-8,10H2,1-2H3. The molecular weight excluding hydrogens is 346 g/mol. The van der Waals surface area contributed by atoms with Gasteiger partial charge in [-0.25, -0.2) is 4.68 Å². The van der Waals surface area contributed by atoms with Gasteiger partial charge < -0.3 is 9.73 Å². The SMILES string of the molecule is Cc1ccc(-c2ccc(CNCCSc3nnnn3C)o2)cc1Cl. The van der Waals surface area contributed by atoms with Crippen LogP contribution in [0.4, 0.5) is 0 Å². The zero-order chi connectivity index (χ0) is 16.9. The molecule has 0 aliphatic heterocycles. The van der Waals surface area contributed by atoms with E-state index >= 15 is 0 Å². The van der Waals surface area contributed by atoms with E-state index in [-0.39, 0.29) is 0 Å². The molecule has 2 aromatic heterocycles. The number of benzene rings is 1. The lowest BCUT2D eigenvalue weighted by molar-refractivity contribution is 0.499. The fraction of sp³-hybridized carbons (Fsp3) is 0.312. The molecule has 126 valence electrons. The molecular formula is C16H18ClN5OS. The van der Waals surface area contributed by atoms with Crippen LogP contribution >= 0.6 is 23.4 Å². The summed E-state index contributed by atoms with van der Waals surface area (Å²) in [6, 6.07) is 9.89. The van der Waals surface area contributed by atoms with Crippen molar-refractivity contribution in [1.29, 1.82) is 0 Å². The van der Waals surface area contributed by atoms with E-state index < -0.39 is 0 Å². The van der Waals surface area contributed by atoms with Crippen molar-refractivity contribution in [3.8, 4) is 11.3 Å². The number of halogens is 1. The Hall–Kier alpha value is -1.83. The van der Waals surface area contributed by atoms with Gasteiger partial charge in [-0.15, -0.1) is 5.10 Å². The highest BCUT2D eigenvalue weighted by molar-refractivity contribution is 7.99. The summed E-state index contributed by atoms with van der Waals surface area (Å²) in [6.07, 6.45) is 0. The number of nitrogens with zero attached hydrogens (tertiary/aromatic N) is 4. The van der Waals surface area contributed by atoms with E-state index in [1.807, 2.05) is 44.3 Å². The molecule has 0 amide bonds. The molecule has 0 spiro atoms. The highest BCUT2D eigenvalue weighted by Gasteiger charge is 2.07. The monoisotopic (exact) mass is 363 g/mol. The lowest BCUT2D eigenvalue weighted by atomic mass is 10.1. The van der Waals surface area contributed by atoms with Gasteiger partial charge in [0.1, 0.15) is 11.5 Å². The van der Waals surface area contributed by atoms with E-state index in [0.717, 1.165) is 45.1 Å². The van der Waals surface area contributed by atoms with Gasteiger partial charge in [-0.1, -0.05) is 35.5 Å². The predicted octanol–water partition coefficient (Wildman–Crippen LogP) is 3.31. The molecule has 0 saturated heterocycles. The van der Waals surface area contributed by atoms with Crippen LogP contribution in [0.25, 0.3) is 11.3 Å². The number of aromatic nitrogens is 4. The third-order valence-electron chi connectivity index (χ3n) is 3.51. The van der Waals surface area contributed by atoms with Gasteiger partial charge in [0.25, 0.3) is 0 Å². The normalized spacial score (nSPS) is 11.1. The zero-order valence-corrected chi connectivity index (χ0v) is 15.1. The second-order valence-corrected chi connectivity index (χ2v) is 6.81. The van der Waals surface area contributed by atoms with E-state index in [0.29, 0.717) is 6.54 Å². The number of hydrogen-bond acceptors (Lipinski definition) is 6. The first-order chi connectivity index (χ1) is 11.6. The lowest BCUT2D eigenvalue weighted by Crippen LogP contribution is -2.16. The van der Waals surface area contributed by atoms with Crippen molar-refractivity contribution >= 4 is 23.4 Å². The number of aryl methyl sites for hydroxylation is 2. The first kappa shape index (κ1) is 17.0. The summed E-state index contributed by atoms with van der Waals surface area (Å²) >= 11 is 7.78. The van der Waals surface area contributed by atoms with Crippen molar-refractivity contribution < 1.29 is 4.42 Å². The Labute approximate surface area is 149 Å². The summed E-state index contributed by atoms with van der Waals surface area (Å²) in [5.41, 5.74) is 2.05. The summed E-state index contributed by atoms with van der Waals surface area (Å²) in [4.78, 5) is 0. The Balaban J connectivity index is 1.47. The van der Waals surface area contributed by atoms with Crippen LogP contribution in [0, 0.1) is 6.92 Å². The molecule has 0 aliphatic rings. The fourth-order valence-corrected chi connectivity index (χ4v) is 3.07. The van der Waals surface area contributed by atoms with Gasteiger partial charge >= 0.3 is 0 Å². The van der Waals surface area contributed by atoms with Crippen LogP contribution < -0.4 is 5.32 Å². The van der Waals surface area contributed by atoms with E-state index in [1.165, 1.54) is 0 Å². The third-order valence-corrected chi connectivity index (χ3v) is 4.93. The van der Waals surface area contributed by atoms with E-state index in [1.54, 1.807) is 16.4 Å². The van der Waals surface area contributed by atoms with Crippen molar-refractivity contribution in [3.63, 3.8) is 0 Å². The van der Waals surface area contributed by atoms with Gasteiger partial charge in [0, 0.05) is 29.9 Å². The van der Waals surface area contributed by atoms with Gasteiger partial charge in [0.05, 0.1) is 6.54 Å². The Kier molecular flexibility index (Phi) is 5.55. The van der Waals surface area contributed by atoms with Gasteiger partial charge in [-0.3, -0.25) is 0 Å². The fourth-order valence-electron chi connectivity index (χ4n) is 2.14. The molecule has 0 atom stereocenters. The lowest BCUT2D eigenvalue weighted by Gasteiger charge is -2.03. The number of thioether (sulfide) groups is 1. The summed E-state index contributed by atoms with van der Waals surface area (Å²) in [7, 11) is 1.83. The predicted molar refractivity (Wildman–Crippen MR) is 95.1 cm³/mol. The van der Waals surface area contributed by atoms with E-state index in [9.17, 15) is 0 Å². The van der Waals surface area contributed by atoms with Gasteiger partial charge in [0.2, 0.25) is 5.16 Å². The molecule has 0 unspecified atom stereocenters. The Morgan fingerprint density at radius 3 is 2.92 bits per heavy atom. The average Bonchev–Trinajstić information content (AvgIpc) is 3.19. The summed E-state index contributed by atoms with van der Waals surface area (Å²) < 4.78 is 7.53. The largest absolute Gasteiger partial charge is 0.460 e. The maximum Gasteiger partial charge on any atom is 0.209 e. The quantitative estimate of drug-likeness (QED) is 0.513. The molecule has 6 nitrogen and oxygen atoms in total. The zero-order valence-electron chi connectivity index (χ0n) is 13.5. The van der Waals surface area contributed by atoms with Gasteiger partial charge in [0.15, 0.2) is 0 Å². The third kappa shape index (κ3) is 4.17. The highest BCUT2D eigenvalue weighted by Crippen LogP contribution is 2.26. The summed E-state index contributed by atoms with van der Waals surface area (Å²) in [6.45, 7) is 3.50. The van der Waals surface area contributed by atoms with Crippen LogP contribution in [0.2, 0.25) is 5.02 Å². The van der Waals surface area contributed by atoms with Crippen molar-refractivity contribution in [1.82, 2.24) is 25.5 Å². The van der Waals surface area contributed by atoms with Crippen molar-refractivity contribution in [2.75, 3.05) is 12.3 Å². The molecule has 0 saturated carbocycles. The molecule has 3 aromatic rings. The minimum Gasteiger partial charge on any atom is -0.460 e. The molecule has 0 radical (unpaired) electrons. The van der Waals surface area contributed by atoms with Crippen LogP contribution in [0.15, 0.2) is 39.9 Å². The molecule has 0 bridgehead atoms. The second-order valence-electron chi connectivity index (χ2n) is 5.34. The second kappa shape index (κ2) is 7.83. The maximum absolute atomic E-state index is 6.17. The first-order valence-electron chi connectivity index (χ1n) is 7.54. The smallest absolute Gasteiger partial charge is 0.209 e. The molecule has 0 fully saturated rings. The van der Waals surface area contributed by atoms with Crippen molar-refractivity contribution in [2.45, 2.75) is 18.6 Å². The van der Waals surface area contributed by atoms with Crippen LogP contribution in [0.1, 0.15) is 11.3 Å². The number of furan rings is 1. The molecule has 8 heteroatoms. The van der Waals surface area contributed by atoms with Gasteiger partial charge in [-0.05, 0) is 41.1 Å². The highest BCUT2D eigenvalue weighted by atomic mass is 35.5. The number of hydrogen-bond donors (Lipinski definition) is 1. The topological polar surface area (TPSA) is 68.8 Å². The maximum atomic E-state index is 6.17. The first-order valence-corrected chi connectivity index (χ1v) is 8.91. The Bertz CT molecular complexity index is 816. The minimum atomic E-state index is 0.678. The molecule has 3 rings (SSSR count). The molecule has 1 N–H and O–H groups in total. The van der Waals surface area contributed by atoms with Crippen LogP contribution in [-0.2, 0) is 13.6 Å². The van der Waals surface area contributed by atoms with E-state index in [4.69, 9.17) is 16.0 Å². The van der Waals surface area contributed by atoms with Crippen molar-refractivity contribution in [3.05, 3.63) is 46.7 Å². The van der Waals surface area contributed by atoms with Crippen LogP contribution in [-0.4, -0.2) is 32.5 Å². The minimum absolute atomic E-state index is 0.678. The van der Waals surface area contributed by atoms with E-state index in [2.05, 4.69) is 20.8 Å². The number of nitrogens with one attached hydrogen (secondary N) is 1. The van der Waals surface area contributed by atoms with Crippen molar-refractivity contribution in [2.24, 2.45) is 7.05 Å². The molecule has 24 heavy (non-hydrogen) atoms. The van der Waals surface area contributed by atoms with Crippen LogP contribution in [0.5, 0.6) is 0 Å². The summed E-state index contributed by atoms with van der Waals surface area (Å²) in [5.74, 6) is 2.61. The average molecular weight is 364 g/mol. The number of tetrazole rings is 1. The number of rotatable bonds is 7. The summed E-state index contributed by atoms with van der Waals surface area (Å²) in [5, 5.41) is 16.2. The molecule has 1 aromatic carbocycles. The molecule has 0 aliphatic carbocycles. The Morgan fingerprint density at radius 1 is 1.29 bits per heavy atom. The van der Waals surface area contributed by atoms with Gasteiger partial charge in [-0.2, -0.15) is 0 Å².